The molecular weight excluding hydrogens is 238 g/mol. The molecule has 3 heteroatoms. The van der Waals surface area contributed by atoms with Crippen LogP contribution in [0.15, 0.2) is 48.5 Å². The third-order valence-corrected chi connectivity index (χ3v) is 2.90. The Labute approximate surface area is 113 Å². The highest BCUT2D eigenvalue weighted by molar-refractivity contribution is 5.99. The fourth-order valence-electron chi connectivity index (χ4n) is 1.76. The van der Waals surface area contributed by atoms with Crippen LogP contribution in [0, 0.1) is 6.92 Å². The van der Waals surface area contributed by atoms with Crippen LogP contribution in [-0.2, 0) is 0 Å². The van der Waals surface area contributed by atoms with Gasteiger partial charge in [0.25, 0.3) is 0 Å². The van der Waals surface area contributed by atoms with Gasteiger partial charge in [0.05, 0.1) is 13.7 Å². The zero-order valence-corrected chi connectivity index (χ0v) is 11.1. The molecule has 0 aliphatic rings. The maximum atomic E-state index is 12.0. The summed E-state index contributed by atoms with van der Waals surface area (Å²) < 4.78 is 5.13. The molecule has 0 fully saturated rings. The number of aryl methyl sites for hydroxylation is 1. The van der Waals surface area contributed by atoms with E-state index in [4.69, 9.17) is 4.74 Å². The summed E-state index contributed by atoms with van der Waals surface area (Å²) in [7, 11) is 1.62. The minimum Gasteiger partial charge on any atom is -0.497 e. The lowest BCUT2D eigenvalue weighted by atomic mass is 10.1. The van der Waals surface area contributed by atoms with E-state index < -0.39 is 0 Å². The summed E-state index contributed by atoms with van der Waals surface area (Å²) in [5, 5.41) is 3.10. The number of benzene rings is 2. The highest BCUT2D eigenvalue weighted by atomic mass is 16.5. The van der Waals surface area contributed by atoms with Gasteiger partial charge in [0, 0.05) is 17.3 Å². The van der Waals surface area contributed by atoms with Gasteiger partial charge in [0.15, 0.2) is 5.78 Å². The van der Waals surface area contributed by atoms with Crippen LogP contribution in [-0.4, -0.2) is 19.4 Å². The number of anilines is 1. The van der Waals surface area contributed by atoms with Crippen LogP contribution in [0.4, 0.5) is 5.69 Å². The molecule has 0 unspecified atom stereocenters. The van der Waals surface area contributed by atoms with Crippen molar-refractivity contribution in [3.8, 4) is 5.75 Å². The maximum Gasteiger partial charge on any atom is 0.181 e. The number of hydrogen-bond donors (Lipinski definition) is 1. The van der Waals surface area contributed by atoms with E-state index in [0.717, 1.165) is 22.6 Å². The molecule has 19 heavy (non-hydrogen) atoms. The van der Waals surface area contributed by atoms with Gasteiger partial charge in [-0.2, -0.15) is 0 Å². The van der Waals surface area contributed by atoms with Gasteiger partial charge in [-0.15, -0.1) is 0 Å². The standard InChI is InChI=1S/C16H17NO2/c1-12-6-8-13(9-7-12)16(18)11-17-14-4-3-5-15(10-14)19-2/h3-10,17H,11H2,1-2H3. The van der Waals surface area contributed by atoms with Crippen LogP contribution in [0.3, 0.4) is 0 Å². The number of carbonyl (C=O) groups excluding carboxylic acids is 1. The third-order valence-electron chi connectivity index (χ3n) is 2.90. The predicted octanol–water partition coefficient (Wildman–Crippen LogP) is 3.30. The summed E-state index contributed by atoms with van der Waals surface area (Å²) in [4.78, 5) is 12.0. The van der Waals surface area contributed by atoms with E-state index in [1.165, 1.54) is 0 Å². The zero-order valence-electron chi connectivity index (χ0n) is 11.1. The molecule has 98 valence electrons. The summed E-state index contributed by atoms with van der Waals surface area (Å²) in [5.74, 6) is 0.843. The molecular formula is C16H17NO2. The number of carbonyl (C=O) groups is 1. The summed E-state index contributed by atoms with van der Waals surface area (Å²) >= 11 is 0. The van der Waals surface area contributed by atoms with E-state index in [1.807, 2.05) is 55.5 Å². The average molecular weight is 255 g/mol. The van der Waals surface area contributed by atoms with Crippen LogP contribution in [0.25, 0.3) is 0 Å². The van der Waals surface area contributed by atoms with Crippen molar-refractivity contribution < 1.29 is 9.53 Å². The number of methoxy groups -OCH3 is 1. The molecule has 0 aromatic heterocycles. The first-order chi connectivity index (χ1) is 9.19. The van der Waals surface area contributed by atoms with Gasteiger partial charge in [-0.05, 0) is 19.1 Å². The molecule has 0 aliphatic heterocycles. The Morgan fingerprint density at radius 1 is 1.16 bits per heavy atom. The average Bonchev–Trinajstić information content (AvgIpc) is 2.46. The molecule has 0 aliphatic carbocycles. The molecule has 0 saturated heterocycles. The zero-order chi connectivity index (χ0) is 13.7. The Balaban J connectivity index is 1.98. The van der Waals surface area contributed by atoms with Crippen molar-refractivity contribution in [3.63, 3.8) is 0 Å². The van der Waals surface area contributed by atoms with Crippen LogP contribution in [0.1, 0.15) is 15.9 Å². The molecule has 0 atom stereocenters. The predicted molar refractivity (Wildman–Crippen MR) is 77.0 cm³/mol. The molecule has 3 nitrogen and oxygen atoms in total. The van der Waals surface area contributed by atoms with E-state index in [9.17, 15) is 4.79 Å². The van der Waals surface area contributed by atoms with Crippen LogP contribution in [0.5, 0.6) is 5.75 Å². The Morgan fingerprint density at radius 2 is 1.89 bits per heavy atom. The first kappa shape index (κ1) is 13.1. The van der Waals surface area contributed by atoms with Crippen LogP contribution >= 0.6 is 0 Å². The van der Waals surface area contributed by atoms with Crippen molar-refractivity contribution in [2.45, 2.75) is 6.92 Å². The summed E-state index contributed by atoms with van der Waals surface area (Å²) in [5.41, 5.74) is 2.75. The minimum atomic E-state index is 0.0721. The van der Waals surface area contributed by atoms with Crippen LogP contribution in [0.2, 0.25) is 0 Å². The first-order valence-corrected chi connectivity index (χ1v) is 6.17. The van der Waals surface area contributed by atoms with Gasteiger partial charge in [-0.3, -0.25) is 4.79 Å². The van der Waals surface area contributed by atoms with E-state index in [0.29, 0.717) is 0 Å². The number of Topliss-reactive ketones (excluding diaryl/α,β-unsaturated/α-hetero) is 1. The lowest BCUT2D eigenvalue weighted by Crippen LogP contribution is -2.13. The van der Waals surface area contributed by atoms with Gasteiger partial charge in [-0.25, -0.2) is 0 Å². The number of ether oxygens (including phenoxy) is 1. The molecule has 2 aromatic carbocycles. The Hall–Kier alpha value is -2.29. The summed E-state index contributed by atoms with van der Waals surface area (Å²) in [6, 6.07) is 15.1. The molecule has 0 saturated carbocycles. The monoisotopic (exact) mass is 255 g/mol. The van der Waals surface area contributed by atoms with Gasteiger partial charge in [-0.1, -0.05) is 35.9 Å². The fraction of sp³-hybridized carbons (Fsp3) is 0.188. The summed E-state index contributed by atoms with van der Waals surface area (Å²) in [6.07, 6.45) is 0. The molecule has 0 heterocycles. The largest absolute Gasteiger partial charge is 0.497 e. The van der Waals surface area contributed by atoms with Gasteiger partial charge in [0.1, 0.15) is 5.75 Å². The topological polar surface area (TPSA) is 38.3 Å². The maximum absolute atomic E-state index is 12.0. The van der Waals surface area contributed by atoms with E-state index in [-0.39, 0.29) is 12.3 Å². The van der Waals surface area contributed by atoms with Gasteiger partial charge < -0.3 is 10.1 Å². The lowest BCUT2D eigenvalue weighted by molar-refractivity contribution is 0.101. The van der Waals surface area contributed by atoms with Crippen molar-refractivity contribution >= 4 is 11.5 Å². The van der Waals surface area contributed by atoms with Crippen molar-refractivity contribution in [1.29, 1.82) is 0 Å². The molecule has 0 spiro atoms. The van der Waals surface area contributed by atoms with E-state index >= 15 is 0 Å². The molecule has 2 aromatic rings. The highest BCUT2D eigenvalue weighted by Crippen LogP contribution is 2.16. The molecule has 0 radical (unpaired) electrons. The van der Waals surface area contributed by atoms with Crippen LogP contribution < -0.4 is 10.1 Å². The smallest absolute Gasteiger partial charge is 0.181 e. The second kappa shape index (κ2) is 6.05. The first-order valence-electron chi connectivity index (χ1n) is 6.17. The quantitative estimate of drug-likeness (QED) is 0.833. The number of hydrogen-bond acceptors (Lipinski definition) is 3. The van der Waals surface area contributed by atoms with E-state index in [1.54, 1.807) is 7.11 Å². The second-order valence-electron chi connectivity index (χ2n) is 4.37. The molecule has 1 N–H and O–H groups in total. The number of nitrogens with one attached hydrogen (secondary N) is 1. The number of ketones is 1. The highest BCUT2D eigenvalue weighted by Gasteiger charge is 2.05. The third kappa shape index (κ3) is 3.58. The van der Waals surface area contributed by atoms with Gasteiger partial charge in [0.2, 0.25) is 0 Å². The van der Waals surface area contributed by atoms with Gasteiger partial charge >= 0.3 is 0 Å². The van der Waals surface area contributed by atoms with E-state index in [2.05, 4.69) is 5.32 Å². The Kier molecular flexibility index (Phi) is 4.18. The van der Waals surface area contributed by atoms with Crippen molar-refractivity contribution in [3.05, 3.63) is 59.7 Å². The normalized spacial score (nSPS) is 10.0. The number of rotatable bonds is 5. The Bertz CT molecular complexity index is 561. The van der Waals surface area contributed by atoms with Crippen molar-refractivity contribution in [2.24, 2.45) is 0 Å². The molecule has 2 rings (SSSR count). The fourth-order valence-corrected chi connectivity index (χ4v) is 1.76. The molecule has 0 amide bonds. The van der Waals surface area contributed by atoms with Crippen molar-refractivity contribution in [1.82, 2.24) is 0 Å². The lowest BCUT2D eigenvalue weighted by Gasteiger charge is -2.07. The van der Waals surface area contributed by atoms with Crippen molar-refractivity contribution in [2.75, 3.05) is 19.0 Å². The SMILES string of the molecule is COc1cccc(NCC(=O)c2ccc(C)cc2)c1. The second-order valence-corrected chi connectivity index (χ2v) is 4.37. The Morgan fingerprint density at radius 3 is 2.58 bits per heavy atom. The summed E-state index contributed by atoms with van der Waals surface area (Å²) in [6.45, 7) is 2.28. The molecule has 0 bridgehead atoms. The minimum absolute atomic E-state index is 0.0721.